The lowest BCUT2D eigenvalue weighted by molar-refractivity contribution is -0.137. The number of carbonyl (C=O) groups is 1. The van der Waals surface area contributed by atoms with Crippen LogP contribution in [0, 0.1) is 23.2 Å². The number of hydrogen-bond acceptors (Lipinski definition) is 4. The lowest BCUT2D eigenvalue weighted by atomic mass is 9.69. The molecule has 3 rings (SSSR count). The topological polar surface area (TPSA) is 87.0 Å². The zero-order valence-electron chi connectivity index (χ0n) is 17.0. The summed E-state index contributed by atoms with van der Waals surface area (Å²) in [5, 5.41) is 30.7. The minimum Gasteiger partial charge on any atom is -0.489 e. The molecule has 2 aliphatic rings. The molecule has 0 aromatic heterocycles. The Hall–Kier alpha value is -2.29. The Morgan fingerprint density at radius 1 is 1.41 bits per heavy atom. The summed E-state index contributed by atoms with van der Waals surface area (Å²) in [4.78, 5) is 11.1. The van der Waals surface area contributed by atoms with Gasteiger partial charge in [0, 0.05) is 36.2 Å². The number of aliphatic hydroxyl groups excluding tert-OH is 2. The molecule has 1 heterocycles. The molecule has 1 aromatic rings. The Morgan fingerprint density at radius 2 is 2.17 bits per heavy atom. The molecule has 0 amide bonds. The molecule has 0 radical (unpaired) electrons. The van der Waals surface area contributed by atoms with Crippen molar-refractivity contribution in [3.63, 3.8) is 0 Å². The summed E-state index contributed by atoms with van der Waals surface area (Å²) in [6.45, 7) is 3.72. The van der Waals surface area contributed by atoms with Crippen molar-refractivity contribution in [2.45, 2.75) is 70.2 Å². The summed E-state index contributed by atoms with van der Waals surface area (Å²) < 4.78 is 6.10. The van der Waals surface area contributed by atoms with Crippen molar-refractivity contribution < 1.29 is 24.9 Å². The molecule has 0 spiro atoms. The highest BCUT2D eigenvalue weighted by molar-refractivity contribution is 5.66. The number of ether oxygens (including phenoxy) is 1. The van der Waals surface area contributed by atoms with E-state index in [1.807, 2.05) is 37.3 Å². The summed E-state index contributed by atoms with van der Waals surface area (Å²) in [7, 11) is 0. The number of carboxylic acids is 1. The standard InChI is InChI=1S/C24H30O5/c1-3-4-8-16(2)18(25)12-14-24(13-7-11-22(27)28)21(26)15-20-23(24)17-9-5-6-10-19(17)29-20/h5-6,9-10,12,14,16,18,20-21,23,25-26H,7-8,11,13,15H2,1-2H3,(H,27,28)/t16-,18+,20-,21+,23-,24+/m0/s1. The van der Waals surface area contributed by atoms with E-state index in [1.54, 1.807) is 13.0 Å². The summed E-state index contributed by atoms with van der Waals surface area (Å²) in [6.07, 6.45) is 4.31. The van der Waals surface area contributed by atoms with Crippen molar-refractivity contribution in [2.24, 2.45) is 11.3 Å². The number of benzene rings is 1. The summed E-state index contributed by atoms with van der Waals surface area (Å²) in [5.74, 6) is 5.74. The van der Waals surface area contributed by atoms with E-state index in [0.717, 1.165) is 11.3 Å². The largest absolute Gasteiger partial charge is 0.489 e. The Bertz CT molecular complexity index is 820. The average Bonchev–Trinajstić information content (AvgIpc) is 3.18. The number of rotatable bonds is 8. The molecule has 0 unspecified atom stereocenters. The second kappa shape index (κ2) is 9.02. The predicted molar refractivity (Wildman–Crippen MR) is 111 cm³/mol. The maximum absolute atomic E-state index is 11.1. The minimum atomic E-state index is -0.844. The van der Waals surface area contributed by atoms with Crippen molar-refractivity contribution in [1.82, 2.24) is 0 Å². The average molecular weight is 398 g/mol. The van der Waals surface area contributed by atoms with Crippen LogP contribution in [-0.2, 0) is 4.79 Å². The molecular weight excluding hydrogens is 368 g/mol. The van der Waals surface area contributed by atoms with Gasteiger partial charge in [-0.15, -0.1) is 11.8 Å². The van der Waals surface area contributed by atoms with Gasteiger partial charge in [-0.05, 0) is 31.7 Å². The van der Waals surface area contributed by atoms with Gasteiger partial charge in [0.25, 0.3) is 0 Å². The zero-order chi connectivity index (χ0) is 21.0. The molecule has 5 nitrogen and oxygen atoms in total. The van der Waals surface area contributed by atoms with Crippen LogP contribution in [0.25, 0.3) is 0 Å². The predicted octanol–water partition coefficient (Wildman–Crippen LogP) is 3.50. The fourth-order valence-electron chi connectivity index (χ4n) is 4.76. The third-order valence-corrected chi connectivity index (χ3v) is 6.35. The first-order valence-electron chi connectivity index (χ1n) is 10.3. The summed E-state index contributed by atoms with van der Waals surface area (Å²) in [5.41, 5.74) is 0.387. The van der Waals surface area contributed by atoms with Crippen LogP contribution < -0.4 is 4.74 Å². The number of hydrogen-bond donors (Lipinski definition) is 3. The van der Waals surface area contributed by atoms with Crippen LogP contribution in [-0.4, -0.2) is 39.6 Å². The van der Waals surface area contributed by atoms with Gasteiger partial charge < -0.3 is 20.1 Å². The summed E-state index contributed by atoms with van der Waals surface area (Å²) in [6, 6.07) is 7.85. The van der Waals surface area contributed by atoms with E-state index >= 15 is 0 Å². The fourth-order valence-corrected chi connectivity index (χ4v) is 4.76. The molecule has 1 saturated carbocycles. The molecule has 1 aromatic carbocycles. The Labute approximate surface area is 172 Å². The molecule has 29 heavy (non-hydrogen) atoms. The Kier molecular flexibility index (Phi) is 6.66. The van der Waals surface area contributed by atoms with E-state index in [0.29, 0.717) is 25.7 Å². The van der Waals surface area contributed by atoms with Crippen LogP contribution in [0.5, 0.6) is 5.75 Å². The fraction of sp³-hybridized carbons (Fsp3) is 0.542. The van der Waals surface area contributed by atoms with E-state index < -0.39 is 23.6 Å². The van der Waals surface area contributed by atoms with E-state index in [2.05, 4.69) is 11.8 Å². The van der Waals surface area contributed by atoms with E-state index in [4.69, 9.17) is 9.84 Å². The second-order valence-corrected chi connectivity index (χ2v) is 8.24. The Balaban J connectivity index is 1.91. The second-order valence-electron chi connectivity index (χ2n) is 8.24. The molecule has 3 N–H and O–H groups in total. The van der Waals surface area contributed by atoms with Crippen LogP contribution >= 0.6 is 0 Å². The quantitative estimate of drug-likeness (QED) is 0.461. The van der Waals surface area contributed by atoms with Gasteiger partial charge in [0.15, 0.2) is 0 Å². The van der Waals surface area contributed by atoms with Gasteiger partial charge >= 0.3 is 5.97 Å². The molecule has 1 aliphatic carbocycles. The van der Waals surface area contributed by atoms with Crippen molar-refractivity contribution in [1.29, 1.82) is 0 Å². The highest BCUT2D eigenvalue weighted by Crippen LogP contribution is 2.59. The maximum Gasteiger partial charge on any atom is 0.303 e. The molecular formula is C24H30O5. The lowest BCUT2D eigenvalue weighted by Crippen LogP contribution is -2.34. The lowest BCUT2D eigenvalue weighted by Gasteiger charge is -2.35. The minimum absolute atomic E-state index is 0.0313. The van der Waals surface area contributed by atoms with Gasteiger partial charge in [0.2, 0.25) is 0 Å². The van der Waals surface area contributed by atoms with E-state index in [1.165, 1.54) is 0 Å². The number of fused-ring (bicyclic) bond motifs is 3. The van der Waals surface area contributed by atoms with Gasteiger partial charge in [0.1, 0.15) is 11.9 Å². The molecule has 0 saturated heterocycles. The molecule has 0 bridgehead atoms. The third-order valence-electron chi connectivity index (χ3n) is 6.35. The highest BCUT2D eigenvalue weighted by atomic mass is 16.5. The van der Waals surface area contributed by atoms with E-state index in [-0.39, 0.29) is 24.4 Å². The van der Waals surface area contributed by atoms with Crippen LogP contribution in [0.15, 0.2) is 36.4 Å². The van der Waals surface area contributed by atoms with Gasteiger partial charge in [0.05, 0.1) is 12.2 Å². The smallest absolute Gasteiger partial charge is 0.303 e. The first-order valence-corrected chi connectivity index (χ1v) is 10.3. The van der Waals surface area contributed by atoms with Gasteiger partial charge in [-0.1, -0.05) is 37.3 Å². The number of aliphatic hydroxyl groups is 2. The molecule has 1 aliphatic heterocycles. The first-order chi connectivity index (χ1) is 13.9. The van der Waals surface area contributed by atoms with Gasteiger partial charge in [-0.2, -0.15) is 0 Å². The van der Waals surface area contributed by atoms with Crippen LogP contribution in [0.1, 0.15) is 57.4 Å². The molecule has 156 valence electrons. The van der Waals surface area contributed by atoms with Crippen LogP contribution in [0.4, 0.5) is 0 Å². The third kappa shape index (κ3) is 4.34. The maximum atomic E-state index is 11.1. The van der Waals surface area contributed by atoms with Crippen molar-refractivity contribution in [2.75, 3.05) is 0 Å². The monoisotopic (exact) mass is 398 g/mol. The summed E-state index contributed by atoms with van der Waals surface area (Å²) >= 11 is 0. The normalized spacial score (nSPS) is 29.4. The first kappa shape index (κ1) is 21.4. The van der Waals surface area contributed by atoms with E-state index in [9.17, 15) is 15.0 Å². The Morgan fingerprint density at radius 3 is 2.90 bits per heavy atom. The van der Waals surface area contributed by atoms with Crippen molar-refractivity contribution in [3.05, 3.63) is 42.0 Å². The molecule has 5 heteroatoms. The SMILES string of the molecule is CC#CC[C@H](C)[C@H](O)C=C[C@]1(CCCC(=O)O)[C@H](O)C[C@@H]2Oc3ccccc3[C@@H]21. The number of aliphatic carboxylic acids is 1. The highest BCUT2D eigenvalue weighted by Gasteiger charge is 2.57. The number of para-hydroxylation sites is 1. The molecule has 1 fully saturated rings. The van der Waals surface area contributed by atoms with Gasteiger partial charge in [-0.3, -0.25) is 4.79 Å². The molecule has 6 atom stereocenters. The van der Waals surface area contributed by atoms with Crippen molar-refractivity contribution in [3.8, 4) is 17.6 Å². The van der Waals surface area contributed by atoms with Gasteiger partial charge in [-0.25, -0.2) is 0 Å². The van der Waals surface area contributed by atoms with Crippen LogP contribution in [0.2, 0.25) is 0 Å². The number of carboxylic acid groups (broad SMARTS) is 1. The zero-order valence-corrected chi connectivity index (χ0v) is 17.0. The van der Waals surface area contributed by atoms with Crippen molar-refractivity contribution >= 4 is 5.97 Å². The van der Waals surface area contributed by atoms with Crippen LogP contribution in [0.3, 0.4) is 0 Å².